The third-order valence-corrected chi connectivity index (χ3v) is 4.32. The molecule has 1 aliphatic carbocycles. The number of rotatable bonds is 6. The van der Waals surface area contributed by atoms with Gasteiger partial charge in [0, 0.05) is 17.8 Å². The molecule has 0 radical (unpaired) electrons. The van der Waals surface area contributed by atoms with Crippen molar-refractivity contribution < 1.29 is 14.7 Å². The first-order valence-corrected chi connectivity index (χ1v) is 7.97. The predicted molar refractivity (Wildman–Crippen MR) is 89.7 cm³/mol. The smallest absolute Gasteiger partial charge is 0.319 e. The SMILES string of the molecule is CCN(CC(=O)O)C1CC(NC(=O)Nc2cc(C#N)ccc2C)C1. The number of nitrogens with one attached hydrogen (secondary N) is 2. The Morgan fingerprint density at radius 2 is 2.12 bits per heavy atom. The van der Waals surface area contributed by atoms with Crippen LogP contribution in [0.3, 0.4) is 0 Å². The van der Waals surface area contributed by atoms with Gasteiger partial charge in [-0.3, -0.25) is 9.69 Å². The zero-order chi connectivity index (χ0) is 17.7. The van der Waals surface area contributed by atoms with Crippen LogP contribution >= 0.6 is 0 Å². The van der Waals surface area contributed by atoms with Crippen LogP contribution in [0.1, 0.15) is 30.9 Å². The Kier molecular flexibility index (Phi) is 5.77. The van der Waals surface area contributed by atoms with Crippen LogP contribution in [-0.2, 0) is 4.79 Å². The number of likely N-dealkylation sites (N-methyl/N-ethyl adjacent to an activating group) is 1. The first-order chi connectivity index (χ1) is 11.4. The van der Waals surface area contributed by atoms with Crippen LogP contribution in [0.15, 0.2) is 18.2 Å². The fraction of sp³-hybridized carbons (Fsp3) is 0.471. The molecule has 2 amide bonds. The van der Waals surface area contributed by atoms with Gasteiger partial charge in [-0.05, 0) is 44.0 Å². The van der Waals surface area contributed by atoms with Gasteiger partial charge in [0.1, 0.15) is 0 Å². The Balaban J connectivity index is 1.83. The molecule has 3 N–H and O–H groups in total. The Morgan fingerprint density at radius 3 is 2.71 bits per heavy atom. The lowest BCUT2D eigenvalue weighted by molar-refractivity contribution is -0.139. The van der Waals surface area contributed by atoms with Gasteiger partial charge in [-0.25, -0.2) is 4.79 Å². The number of nitrogens with zero attached hydrogens (tertiary/aromatic N) is 2. The van der Waals surface area contributed by atoms with E-state index in [1.165, 1.54) is 0 Å². The molecule has 128 valence electrons. The van der Waals surface area contributed by atoms with Gasteiger partial charge in [0.15, 0.2) is 0 Å². The van der Waals surface area contributed by atoms with E-state index in [-0.39, 0.29) is 24.7 Å². The average molecular weight is 330 g/mol. The lowest BCUT2D eigenvalue weighted by Crippen LogP contribution is -2.55. The number of carbonyl (C=O) groups excluding carboxylic acids is 1. The largest absolute Gasteiger partial charge is 0.480 e. The van der Waals surface area contributed by atoms with Gasteiger partial charge in [0.2, 0.25) is 0 Å². The van der Waals surface area contributed by atoms with Crippen molar-refractivity contribution in [3.05, 3.63) is 29.3 Å². The summed E-state index contributed by atoms with van der Waals surface area (Å²) in [6, 6.07) is 7.11. The zero-order valence-electron chi connectivity index (χ0n) is 13.9. The van der Waals surface area contributed by atoms with Gasteiger partial charge in [0.05, 0.1) is 18.2 Å². The second-order valence-corrected chi connectivity index (χ2v) is 6.02. The predicted octanol–water partition coefficient (Wildman–Crippen LogP) is 1.93. The van der Waals surface area contributed by atoms with E-state index in [1.54, 1.807) is 18.2 Å². The van der Waals surface area contributed by atoms with Crippen molar-refractivity contribution >= 4 is 17.7 Å². The number of carbonyl (C=O) groups is 2. The van der Waals surface area contributed by atoms with Gasteiger partial charge >= 0.3 is 12.0 Å². The van der Waals surface area contributed by atoms with Crippen LogP contribution in [0.25, 0.3) is 0 Å². The molecule has 7 heteroatoms. The maximum Gasteiger partial charge on any atom is 0.319 e. The van der Waals surface area contributed by atoms with E-state index in [0.717, 1.165) is 18.4 Å². The molecule has 1 aromatic rings. The molecule has 2 rings (SSSR count). The van der Waals surface area contributed by atoms with Gasteiger partial charge in [-0.15, -0.1) is 0 Å². The van der Waals surface area contributed by atoms with Gasteiger partial charge in [0.25, 0.3) is 0 Å². The van der Waals surface area contributed by atoms with Crippen LogP contribution in [0.4, 0.5) is 10.5 Å². The topological polar surface area (TPSA) is 105 Å². The Morgan fingerprint density at radius 1 is 1.42 bits per heavy atom. The number of hydrogen-bond acceptors (Lipinski definition) is 4. The highest BCUT2D eigenvalue weighted by Crippen LogP contribution is 2.25. The second kappa shape index (κ2) is 7.79. The van der Waals surface area contributed by atoms with E-state index in [4.69, 9.17) is 10.4 Å². The van der Waals surface area contributed by atoms with Gasteiger partial charge in [-0.1, -0.05) is 13.0 Å². The summed E-state index contributed by atoms with van der Waals surface area (Å²) in [6.07, 6.45) is 1.48. The molecule has 24 heavy (non-hydrogen) atoms. The standard InChI is InChI=1S/C17H22N4O3/c1-3-21(10-16(22)23)14-7-13(8-14)19-17(24)20-15-6-12(9-18)5-4-11(15)2/h4-6,13-14H,3,7-8,10H2,1-2H3,(H,22,23)(H2,19,20,24). The van der Waals surface area contributed by atoms with Gasteiger partial charge < -0.3 is 15.7 Å². The number of carboxylic acid groups (broad SMARTS) is 1. The number of aliphatic carboxylic acids is 1. The molecule has 7 nitrogen and oxygen atoms in total. The highest BCUT2D eigenvalue weighted by atomic mass is 16.4. The molecular formula is C17H22N4O3. The van der Waals surface area contributed by atoms with Gasteiger partial charge in [-0.2, -0.15) is 5.26 Å². The molecule has 0 atom stereocenters. The molecule has 1 aromatic carbocycles. The number of aryl methyl sites for hydroxylation is 1. The Bertz CT molecular complexity index is 662. The van der Waals surface area contributed by atoms with E-state index in [1.807, 2.05) is 24.8 Å². The molecule has 1 fully saturated rings. The number of urea groups is 1. The van der Waals surface area contributed by atoms with Crippen LogP contribution in [0.5, 0.6) is 0 Å². The third kappa shape index (κ3) is 4.46. The molecule has 0 spiro atoms. The summed E-state index contributed by atoms with van der Waals surface area (Å²) in [6.45, 7) is 4.50. The number of anilines is 1. The molecular weight excluding hydrogens is 308 g/mol. The summed E-state index contributed by atoms with van der Waals surface area (Å²) in [5.74, 6) is -0.834. The highest BCUT2D eigenvalue weighted by molar-refractivity contribution is 5.90. The van der Waals surface area contributed by atoms with E-state index in [2.05, 4.69) is 10.6 Å². The number of benzene rings is 1. The summed E-state index contributed by atoms with van der Waals surface area (Å²) < 4.78 is 0. The monoisotopic (exact) mass is 330 g/mol. The first-order valence-electron chi connectivity index (χ1n) is 7.97. The maximum absolute atomic E-state index is 12.1. The van der Waals surface area contributed by atoms with Crippen molar-refractivity contribution in [2.75, 3.05) is 18.4 Å². The van der Waals surface area contributed by atoms with Crippen molar-refractivity contribution in [3.63, 3.8) is 0 Å². The molecule has 0 heterocycles. The number of nitriles is 1. The van der Waals surface area contributed by atoms with Crippen molar-refractivity contribution in [1.29, 1.82) is 5.26 Å². The van der Waals surface area contributed by atoms with E-state index in [9.17, 15) is 9.59 Å². The summed E-state index contributed by atoms with van der Waals surface area (Å²) in [4.78, 5) is 24.8. The van der Waals surface area contributed by atoms with Crippen LogP contribution < -0.4 is 10.6 Å². The summed E-state index contributed by atoms with van der Waals surface area (Å²) >= 11 is 0. The molecule has 0 unspecified atom stereocenters. The molecule has 0 aromatic heterocycles. The van der Waals surface area contributed by atoms with Crippen molar-refractivity contribution in [1.82, 2.24) is 10.2 Å². The average Bonchev–Trinajstić information content (AvgIpc) is 2.50. The minimum Gasteiger partial charge on any atom is -0.480 e. The van der Waals surface area contributed by atoms with E-state index >= 15 is 0 Å². The Labute approximate surface area is 141 Å². The Hall–Kier alpha value is -2.59. The first kappa shape index (κ1) is 17.8. The van der Waals surface area contributed by atoms with E-state index < -0.39 is 5.97 Å². The fourth-order valence-corrected chi connectivity index (χ4v) is 2.85. The highest BCUT2D eigenvalue weighted by Gasteiger charge is 2.34. The fourth-order valence-electron chi connectivity index (χ4n) is 2.85. The van der Waals surface area contributed by atoms with Crippen LogP contribution in [0, 0.1) is 18.3 Å². The van der Waals surface area contributed by atoms with Crippen LogP contribution in [-0.4, -0.2) is 47.2 Å². The van der Waals surface area contributed by atoms with Crippen LogP contribution in [0.2, 0.25) is 0 Å². The number of amides is 2. The molecule has 1 saturated carbocycles. The molecule has 0 aliphatic heterocycles. The minimum atomic E-state index is -0.834. The molecule has 1 aliphatic rings. The summed E-state index contributed by atoms with van der Waals surface area (Å²) in [5.41, 5.74) is 1.99. The quantitative estimate of drug-likeness (QED) is 0.739. The zero-order valence-corrected chi connectivity index (χ0v) is 13.9. The molecule has 0 saturated heterocycles. The summed E-state index contributed by atoms with van der Waals surface area (Å²) in [5, 5.41) is 23.5. The van der Waals surface area contributed by atoms with Crippen molar-refractivity contribution in [3.8, 4) is 6.07 Å². The number of hydrogen-bond donors (Lipinski definition) is 3. The van der Waals surface area contributed by atoms with E-state index in [0.29, 0.717) is 17.8 Å². The normalized spacial score (nSPS) is 19.2. The minimum absolute atomic E-state index is 0.0280. The van der Waals surface area contributed by atoms with Crippen molar-refractivity contribution in [2.45, 2.75) is 38.8 Å². The maximum atomic E-state index is 12.1. The lowest BCUT2D eigenvalue weighted by Gasteiger charge is -2.42. The summed E-state index contributed by atoms with van der Waals surface area (Å²) in [7, 11) is 0. The number of carboxylic acids is 1. The molecule has 0 bridgehead atoms. The lowest BCUT2D eigenvalue weighted by atomic mass is 9.85. The second-order valence-electron chi connectivity index (χ2n) is 6.02. The third-order valence-electron chi connectivity index (χ3n) is 4.32. The van der Waals surface area contributed by atoms with Crippen molar-refractivity contribution in [2.24, 2.45) is 0 Å².